The summed E-state index contributed by atoms with van der Waals surface area (Å²) >= 11 is 0. The predicted molar refractivity (Wildman–Crippen MR) is 163 cm³/mol. The van der Waals surface area contributed by atoms with Crippen LogP contribution < -0.4 is 9.80 Å². The van der Waals surface area contributed by atoms with Crippen molar-refractivity contribution < 1.29 is 27.9 Å². The van der Waals surface area contributed by atoms with E-state index in [4.69, 9.17) is 13.9 Å². The monoisotopic (exact) mass is 587 g/mol. The molecule has 2 amide bonds. The molecule has 0 radical (unpaired) electrons. The highest BCUT2D eigenvalue weighted by Gasteiger charge is 2.39. The van der Waals surface area contributed by atoms with Crippen molar-refractivity contribution in [3.05, 3.63) is 59.4 Å². The Labute approximate surface area is 245 Å². The second-order valence-electron chi connectivity index (χ2n) is 13.2. The second kappa shape index (κ2) is 12.4. The smallest absolute Gasteiger partial charge is 0.416 e. The van der Waals surface area contributed by atoms with Crippen molar-refractivity contribution in [2.45, 2.75) is 84.5 Å². The second-order valence-corrected chi connectivity index (χ2v) is 18.0. The van der Waals surface area contributed by atoms with Crippen molar-refractivity contribution in [3.63, 3.8) is 0 Å². The minimum absolute atomic E-state index is 0.0432. The normalized spacial score (nSPS) is 16.0. The number of cyclic esters (lactones) is 1. The van der Waals surface area contributed by atoms with Gasteiger partial charge in [-0.05, 0) is 68.6 Å². The van der Waals surface area contributed by atoms with E-state index in [1.165, 1.54) is 22.9 Å². The molecule has 10 heteroatoms. The summed E-state index contributed by atoms with van der Waals surface area (Å²) in [6, 6.07) is 13.1. The van der Waals surface area contributed by atoms with Gasteiger partial charge in [-0.25, -0.2) is 14.0 Å². The number of hydrogen-bond acceptors (Lipinski definition) is 6. The molecular weight excluding hydrogens is 541 g/mol. The van der Waals surface area contributed by atoms with Gasteiger partial charge in [0.15, 0.2) is 14.5 Å². The highest BCUT2D eigenvalue weighted by molar-refractivity contribution is 6.74. The quantitative estimate of drug-likeness (QED) is 0.290. The Morgan fingerprint density at radius 3 is 2.32 bits per heavy atom. The summed E-state index contributed by atoms with van der Waals surface area (Å²) < 4.78 is 33.3. The first-order valence-electron chi connectivity index (χ1n) is 14.0. The molecule has 1 atom stereocenters. The fraction of sp³-hybridized carbons (Fsp3) is 0.548. The number of ether oxygens (including phenoxy) is 2. The molecule has 0 unspecified atom stereocenters. The van der Waals surface area contributed by atoms with Gasteiger partial charge in [-0.2, -0.15) is 0 Å². The molecule has 1 aliphatic rings. The number of halogens is 1. The average molecular weight is 588 g/mol. The Morgan fingerprint density at radius 2 is 1.73 bits per heavy atom. The highest BCUT2D eigenvalue weighted by Crippen LogP contribution is 2.37. The van der Waals surface area contributed by atoms with Gasteiger partial charge in [-0.1, -0.05) is 51.1 Å². The van der Waals surface area contributed by atoms with Gasteiger partial charge in [0, 0.05) is 27.2 Å². The molecule has 0 spiro atoms. The summed E-state index contributed by atoms with van der Waals surface area (Å²) in [5.41, 5.74) is 1.92. The summed E-state index contributed by atoms with van der Waals surface area (Å²) in [5.74, 6) is -0.444. The molecule has 226 valence electrons. The minimum atomic E-state index is -2.02. The maximum atomic E-state index is 15.9. The number of hydrogen-bond donors (Lipinski definition) is 0. The van der Waals surface area contributed by atoms with Crippen molar-refractivity contribution in [1.82, 2.24) is 4.90 Å². The summed E-state index contributed by atoms with van der Waals surface area (Å²) in [5, 5.41) is 0.0432. The number of carbonyl (C=O) groups excluding carboxylic acids is 2. The van der Waals surface area contributed by atoms with Crippen LogP contribution in [0.3, 0.4) is 0 Å². The Morgan fingerprint density at radius 1 is 1.10 bits per heavy atom. The first kappa shape index (κ1) is 32.4. The molecule has 1 aliphatic heterocycles. The van der Waals surface area contributed by atoms with E-state index in [-0.39, 0.29) is 11.6 Å². The lowest BCUT2D eigenvalue weighted by molar-refractivity contribution is -0.00992. The van der Waals surface area contributed by atoms with E-state index >= 15 is 4.39 Å². The molecule has 1 saturated heterocycles. The average Bonchev–Trinajstić information content (AvgIpc) is 3.23. The molecule has 0 saturated carbocycles. The minimum Gasteiger partial charge on any atom is -0.444 e. The number of carbonyl (C=O) groups is 2. The Hall–Kier alpha value is -3.11. The van der Waals surface area contributed by atoms with Crippen molar-refractivity contribution in [3.8, 4) is 0 Å². The zero-order chi connectivity index (χ0) is 30.8. The molecule has 8 nitrogen and oxygen atoms in total. The number of rotatable bonds is 9. The van der Waals surface area contributed by atoms with Gasteiger partial charge in [-0.3, -0.25) is 9.80 Å². The molecular formula is C31H46FN3O5Si. The van der Waals surface area contributed by atoms with Crippen LogP contribution in [0.4, 0.5) is 25.4 Å². The third-order valence-corrected chi connectivity index (χ3v) is 12.2. The lowest BCUT2D eigenvalue weighted by Gasteiger charge is -2.36. The van der Waals surface area contributed by atoms with Crippen LogP contribution in [0, 0.1) is 5.82 Å². The summed E-state index contributed by atoms with van der Waals surface area (Å²) in [7, 11) is 1.36. The molecule has 1 heterocycles. The predicted octanol–water partition coefficient (Wildman–Crippen LogP) is 7.18. The number of amides is 2. The van der Waals surface area contributed by atoms with E-state index in [0.29, 0.717) is 30.9 Å². The fourth-order valence-corrected chi connectivity index (χ4v) is 5.34. The van der Waals surface area contributed by atoms with Gasteiger partial charge in [0.25, 0.3) is 0 Å². The maximum Gasteiger partial charge on any atom is 0.416 e. The molecule has 0 aromatic heterocycles. The van der Waals surface area contributed by atoms with E-state index in [9.17, 15) is 9.59 Å². The largest absolute Gasteiger partial charge is 0.444 e. The van der Waals surface area contributed by atoms with Gasteiger partial charge >= 0.3 is 12.2 Å². The molecule has 2 aromatic rings. The van der Waals surface area contributed by atoms with Crippen molar-refractivity contribution in [2.75, 3.05) is 37.0 Å². The number of nitrogens with zero attached hydrogens (tertiary/aromatic N) is 3. The van der Waals surface area contributed by atoms with Crippen LogP contribution in [0.25, 0.3) is 0 Å². The van der Waals surface area contributed by atoms with E-state index in [1.54, 1.807) is 20.8 Å². The SMILES string of the molecule is CN(Cc1ccccc1)c1c(F)cc(N2C[C@@H](N(C)C(=O)OC(C)(C)C)OC2=O)cc1CCO[Si](C)(C)C(C)(C)C. The summed E-state index contributed by atoms with van der Waals surface area (Å²) in [6.45, 7) is 17.2. The van der Waals surface area contributed by atoms with Crippen LogP contribution in [0.15, 0.2) is 42.5 Å². The molecule has 0 aliphatic carbocycles. The Kier molecular flexibility index (Phi) is 9.80. The molecule has 0 bridgehead atoms. The first-order valence-corrected chi connectivity index (χ1v) is 17.0. The number of benzene rings is 2. The third-order valence-electron chi connectivity index (χ3n) is 7.63. The van der Waals surface area contributed by atoms with E-state index in [0.717, 1.165) is 11.1 Å². The van der Waals surface area contributed by atoms with E-state index in [2.05, 4.69) is 33.9 Å². The van der Waals surface area contributed by atoms with E-state index in [1.807, 2.05) is 48.3 Å². The van der Waals surface area contributed by atoms with Crippen molar-refractivity contribution in [2.24, 2.45) is 0 Å². The van der Waals surface area contributed by atoms with Gasteiger partial charge in [-0.15, -0.1) is 0 Å². The Bertz CT molecular complexity index is 1230. The number of likely N-dealkylation sites (N-methyl/N-ethyl adjacent to an activating group) is 1. The van der Waals surface area contributed by atoms with Gasteiger partial charge < -0.3 is 18.8 Å². The van der Waals surface area contributed by atoms with Gasteiger partial charge in [0.1, 0.15) is 11.4 Å². The van der Waals surface area contributed by atoms with Crippen LogP contribution in [-0.4, -0.2) is 64.5 Å². The van der Waals surface area contributed by atoms with Crippen LogP contribution in [-0.2, 0) is 26.9 Å². The fourth-order valence-electron chi connectivity index (χ4n) is 4.29. The summed E-state index contributed by atoms with van der Waals surface area (Å²) in [6.07, 6.45) is -1.66. The lowest BCUT2D eigenvalue weighted by atomic mass is 10.1. The molecule has 1 fully saturated rings. The van der Waals surface area contributed by atoms with Gasteiger partial charge in [0.2, 0.25) is 0 Å². The van der Waals surface area contributed by atoms with Gasteiger partial charge in [0.05, 0.1) is 17.9 Å². The Balaban J connectivity index is 1.89. The van der Waals surface area contributed by atoms with Crippen molar-refractivity contribution >= 4 is 31.9 Å². The maximum absolute atomic E-state index is 15.9. The first-order chi connectivity index (χ1) is 18.9. The topological polar surface area (TPSA) is 71.5 Å². The zero-order valence-electron chi connectivity index (χ0n) is 26.2. The molecule has 0 N–H and O–H groups in total. The zero-order valence-corrected chi connectivity index (χ0v) is 27.2. The van der Waals surface area contributed by atoms with Crippen LogP contribution >= 0.6 is 0 Å². The van der Waals surface area contributed by atoms with Crippen molar-refractivity contribution in [1.29, 1.82) is 0 Å². The molecule has 3 rings (SSSR count). The van der Waals surface area contributed by atoms with E-state index < -0.39 is 38.2 Å². The summed E-state index contributed by atoms with van der Waals surface area (Å²) in [4.78, 5) is 30.0. The van der Waals surface area contributed by atoms with Crippen LogP contribution in [0.2, 0.25) is 18.1 Å². The lowest BCUT2D eigenvalue weighted by Crippen LogP contribution is -2.42. The van der Waals surface area contributed by atoms with Crippen LogP contribution in [0.1, 0.15) is 52.7 Å². The highest BCUT2D eigenvalue weighted by atomic mass is 28.4. The van der Waals surface area contributed by atoms with Crippen LogP contribution in [0.5, 0.6) is 0 Å². The standard InChI is InChI=1S/C31H46FN3O5Si/c1-30(2,3)40-28(36)34(8)26-21-35(29(37)39-26)24-18-23(16-17-38-41(9,10)31(4,5)6)27(25(32)19-24)33(7)20-22-14-12-11-13-15-22/h11-15,18-19,26H,16-17,20-21H2,1-10H3/t26-/m0/s1. The molecule has 41 heavy (non-hydrogen) atoms. The molecule has 2 aromatic carbocycles. The third kappa shape index (κ3) is 8.22. The number of anilines is 2.